The summed E-state index contributed by atoms with van der Waals surface area (Å²) in [5.41, 5.74) is 1.91. The summed E-state index contributed by atoms with van der Waals surface area (Å²) in [6.07, 6.45) is -3.87. The number of halogens is 4. The molecule has 2 aromatic rings. The smallest absolute Gasteiger partial charge is 0.362 e. The fourth-order valence-corrected chi connectivity index (χ4v) is 2.59. The minimum atomic E-state index is -4.32. The minimum Gasteiger partial charge on any atom is -0.362 e. The van der Waals surface area contributed by atoms with E-state index in [9.17, 15) is 13.2 Å². The maximum absolute atomic E-state index is 12.7. The lowest BCUT2D eigenvalue weighted by atomic mass is 10.1. The first kappa shape index (κ1) is 18.7. The van der Waals surface area contributed by atoms with Crippen molar-refractivity contribution in [2.75, 3.05) is 11.9 Å². The molecule has 0 bridgehead atoms. The van der Waals surface area contributed by atoms with Crippen LogP contribution in [0.5, 0.6) is 0 Å². The fraction of sp³-hybridized carbons (Fsp3) is 0.235. The molecule has 0 unspecified atom stereocenters. The maximum Gasteiger partial charge on any atom is 0.416 e. The average Bonchev–Trinajstić information content (AvgIpc) is 2.50. The van der Waals surface area contributed by atoms with Gasteiger partial charge in [-0.1, -0.05) is 34.1 Å². The molecule has 0 saturated heterocycles. The summed E-state index contributed by atoms with van der Waals surface area (Å²) >= 11 is 8.63. The molecule has 0 aromatic heterocycles. The van der Waals surface area contributed by atoms with Gasteiger partial charge in [-0.3, -0.25) is 0 Å². The first-order chi connectivity index (χ1) is 11.3. The van der Waals surface area contributed by atoms with Crippen LogP contribution in [-0.4, -0.2) is 11.7 Å². The van der Waals surface area contributed by atoms with E-state index >= 15 is 0 Å². The largest absolute Gasteiger partial charge is 0.416 e. The molecule has 2 N–H and O–H groups in total. The van der Waals surface area contributed by atoms with Crippen LogP contribution < -0.4 is 10.6 Å². The molecule has 7 heteroatoms. The number of nitrogens with one attached hydrogen (secondary N) is 2. The van der Waals surface area contributed by atoms with E-state index < -0.39 is 11.7 Å². The summed E-state index contributed by atoms with van der Waals surface area (Å²) < 4.78 is 39.0. The number of benzene rings is 2. The van der Waals surface area contributed by atoms with Crippen molar-refractivity contribution in [2.45, 2.75) is 19.5 Å². The van der Waals surface area contributed by atoms with Crippen molar-refractivity contribution in [3.63, 3.8) is 0 Å². The Morgan fingerprint density at radius 2 is 1.92 bits per heavy atom. The van der Waals surface area contributed by atoms with Crippen molar-refractivity contribution in [3.05, 3.63) is 63.6 Å². The van der Waals surface area contributed by atoms with Crippen molar-refractivity contribution >= 4 is 38.9 Å². The third kappa shape index (κ3) is 5.49. The van der Waals surface area contributed by atoms with E-state index in [1.54, 1.807) is 6.07 Å². The zero-order valence-corrected chi connectivity index (χ0v) is 15.3. The summed E-state index contributed by atoms with van der Waals surface area (Å²) in [4.78, 5) is 0. The Bertz CT molecular complexity index is 732. The zero-order chi connectivity index (χ0) is 17.7. The van der Waals surface area contributed by atoms with Crippen LogP contribution in [0.2, 0.25) is 0 Å². The SMILES string of the molecule is Cc1cc(NC(=S)NCCc2cccc(C(F)(F)F)c2)ccc1Br. The lowest BCUT2D eigenvalue weighted by Gasteiger charge is -2.12. The Morgan fingerprint density at radius 3 is 2.58 bits per heavy atom. The molecule has 0 fully saturated rings. The third-order valence-electron chi connectivity index (χ3n) is 3.37. The molecule has 2 rings (SSSR count). The molecule has 0 atom stereocenters. The molecule has 0 amide bonds. The van der Waals surface area contributed by atoms with E-state index in [0.29, 0.717) is 23.6 Å². The van der Waals surface area contributed by atoms with Gasteiger partial charge in [0, 0.05) is 16.7 Å². The predicted octanol–water partition coefficient (Wildman–Crippen LogP) is 5.31. The second kappa shape index (κ2) is 7.98. The van der Waals surface area contributed by atoms with Gasteiger partial charge in [-0.25, -0.2) is 0 Å². The number of thiocarbonyl (C=S) groups is 1. The summed E-state index contributed by atoms with van der Waals surface area (Å²) in [6.45, 7) is 2.42. The number of alkyl halides is 3. The third-order valence-corrected chi connectivity index (χ3v) is 4.51. The molecule has 0 heterocycles. The number of hydrogen-bond acceptors (Lipinski definition) is 1. The monoisotopic (exact) mass is 416 g/mol. The van der Waals surface area contributed by atoms with E-state index in [0.717, 1.165) is 27.9 Å². The van der Waals surface area contributed by atoms with Crippen LogP contribution in [0.1, 0.15) is 16.7 Å². The molecule has 0 aliphatic heterocycles. The highest BCUT2D eigenvalue weighted by atomic mass is 79.9. The van der Waals surface area contributed by atoms with E-state index in [4.69, 9.17) is 12.2 Å². The van der Waals surface area contributed by atoms with Gasteiger partial charge in [-0.2, -0.15) is 13.2 Å². The number of aryl methyl sites for hydroxylation is 1. The van der Waals surface area contributed by atoms with E-state index in [1.807, 2.05) is 25.1 Å². The Labute approximate surface area is 152 Å². The molecule has 0 saturated carbocycles. The van der Waals surface area contributed by atoms with Gasteiger partial charge in [0.15, 0.2) is 5.11 Å². The topological polar surface area (TPSA) is 24.1 Å². The van der Waals surface area contributed by atoms with E-state index in [-0.39, 0.29) is 0 Å². The average molecular weight is 417 g/mol. The highest BCUT2D eigenvalue weighted by molar-refractivity contribution is 9.10. The van der Waals surface area contributed by atoms with Crippen molar-refractivity contribution in [2.24, 2.45) is 0 Å². The van der Waals surface area contributed by atoms with Crippen LogP contribution in [0.25, 0.3) is 0 Å². The maximum atomic E-state index is 12.7. The zero-order valence-electron chi connectivity index (χ0n) is 12.9. The Balaban J connectivity index is 1.85. The van der Waals surface area contributed by atoms with Gasteiger partial charge >= 0.3 is 6.18 Å². The van der Waals surface area contributed by atoms with Gasteiger partial charge in [0.1, 0.15) is 0 Å². The van der Waals surface area contributed by atoms with E-state index in [2.05, 4.69) is 26.6 Å². The highest BCUT2D eigenvalue weighted by Crippen LogP contribution is 2.29. The van der Waals surface area contributed by atoms with Crippen LogP contribution in [0, 0.1) is 6.92 Å². The summed E-state index contributed by atoms with van der Waals surface area (Å²) in [5.74, 6) is 0. The minimum absolute atomic E-state index is 0.434. The van der Waals surface area contributed by atoms with Crippen molar-refractivity contribution in [1.29, 1.82) is 0 Å². The van der Waals surface area contributed by atoms with Gasteiger partial charge in [-0.05, 0) is 61.0 Å². The summed E-state index contributed by atoms with van der Waals surface area (Å²) in [7, 11) is 0. The van der Waals surface area contributed by atoms with Crippen molar-refractivity contribution in [1.82, 2.24) is 5.32 Å². The molecule has 2 aromatic carbocycles. The molecular weight excluding hydrogens is 401 g/mol. The van der Waals surface area contributed by atoms with Crippen LogP contribution in [-0.2, 0) is 12.6 Å². The lowest BCUT2D eigenvalue weighted by molar-refractivity contribution is -0.137. The molecule has 2 nitrogen and oxygen atoms in total. The molecule has 0 spiro atoms. The van der Waals surface area contributed by atoms with Gasteiger partial charge in [0.2, 0.25) is 0 Å². The Hall–Kier alpha value is -1.60. The van der Waals surface area contributed by atoms with Crippen LogP contribution in [0.15, 0.2) is 46.9 Å². The molecule has 0 aliphatic rings. The highest BCUT2D eigenvalue weighted by Gasteiger charge is 2.30. The molecule has 0 radical (unpaired) electrons. The van der Waals surface area contributed by atoms with Crippen LogP contribution >= 0.6 is 28.1 Å². The second-order valence-corrected chi connectivity index (χ2v) is 6.56. The van der Waals surface area contributed by atoms with Gasteiger partial charge in [0.05, 0.1) is 5.56 Å². The normalized spacial score (nSPS) is 11.2. The standard InChI is InChI=1S/C17H16BrF3N2S/c1-11-9-14(5-6-15(11)18)23-16(24)22-8-7-12-3-2-4-13(10-12)17(19,20)21/h2-6,9-10H,7-8H2,1H3,(H2,22,23,24). The van der Waals surface area contributed by atoms with Gasteiger partial charge in [0.25, 0.3) is 0 Å². The number of anilines is 1. The number of rotatable bonds is 4. The van der Waals surface area contributed by atoms with Crippen molar-refractivity contribution < 1.29 is 13.2 Å². The first-order valence-corrected chi connectivity index (χ1v) is 8.43. The summed E-state index contributed by atoms with van der Waals surface area (Å²) in [5, 5.41) is 6.48. The quantitative estimate of drug-likeness (QED) is 0.660. The molecular formula is C17H16BrF3N2S. The predicted molar refractivity (Wildman–Crippen MR) is 98.3 cm³/mol. The lowest BCUT2D eigenvalue weighted by Crippen LogP contribution is -2.30. The second-order valence-electron chi connectivity index (χ2n) is 5.29. The molecule has 24 heavy (non-hydrogen) atoms. The van der Waals surface area contributed by atoms with Gasteiger partial charge in [-0.15, -0.1) is 0 Å². The van der Waals surface area contributed by atoms with Gasteiger partial charge < -0.3 is 10.6 Å². The van der Waals surface area contributed by atoms with Crippen LogP contribution in [0.3, 0.4) is 0 Å². The van der Waals surface area contributed by atoms with E-state index in [1.165, 1.54) is 6.07 Å². The molecule has 128 valence electrons. The number of hydrogen-bond donors (Lipinski definition) is 2. The van der Waals surface area contributed by atoms with Crippen molar-refractivity contribution in [3.8, 4) is 0 Å². The van der Waals surface area contributed by atoms with Crippen LogP contribution in [0.4, 0.5) is 18.9 Å². The fourth-order valence-electron chi connectivity index (χ4n) is 2.12. The Morgan fingerprint density at radius 1 is 1.17 bits per heavy atom. The first-order valence-electron chi connectivity index (χ1n) is 7.23. The molecule has 0 aliphatic carbocycles. The Kier molecular flexibility index (Phi) is 6.23. The summed E-state index contributed by atoms with van der Waals surface area (Å²) in [6, 6.07) is 11.1.